The number of nitrogens with zero attached hydrogens (tertiary/aromatic N) is 3. The van der Waals surface area contributed by atoms with Crippen LogP contribution in [0, 0.1) is 12.8 Å². The number of H-pyrrole nitrogens is 1. The number of nitrogens with one attached hydrogen (secondary N) is 1. The summed E-state index contributed by atoms with van der Waals surface area (Å²) < 4.78 is 17.1. The Labute approximate surface area is 146 Å². The third-order valence-corrected chi connectivity index (χ3v) is 5.38. The second-order valence-corrected chi connectivity index (χ2v) is 7.15. The van der Waals surface area contributed by atoms with E-state index in [0.717, 1.165) is 55.6 Å². The monoisotopic (exact) mass is 342 g/mol. The van der Waals surface area contributed by atoms with Crippen molar-refractivity contribution in [3.63, 3.8) is 0 Å². The lowest BCUT2D eigenvalue weighted by atomic mass is 9.91. The van der Waals surface area contributed by atoms with Gasteiger partial charge in [-0.05, 0) is 49.9 Å². The minimum atomic E-state index is 0.0328. The van der Waals surface area contributed by atoms with Gasteiger partial charge in [-0.3, -0.25) is 10.00 Å². The van der Waals surface area contributed by atoms with Crippen molar-refractivity contribution >= 4 is 0 Å². The molecule has 0 aliphatic carbocycles. The Morgan fingerprint density at radius 2 is 2.20 bits per heavy atom. The Bertz CT molecular complexity index is 777. The standard InChI is InChI=1S/C18H22N4O3/c1-11-19-18(21-20-11)16-7-13-4-5-22(9-17(13)25-16)8-12-2-3-14-15(6-12)24-10-23-14/h2-3,6,13,16-17H,4-5,7-10H2,1H3,(H,19,20,21)/t13-,16+,17+/m0/s1. The van der Waals surface area contributed by atoms with Gasteiger partial charge in [0.05, 0.1) is 6.10 Å². The molecule has 4 heterocycles. The number of ether oxygens (including phenoxy) is 3. The van der Waals surface area contributed by atoms with Crippen LogP contribution in [0.5, 0.6) is 11.5 Å². The largest absolute Gasteiger partial charge is 0.454 e. The molecule has 0 saturated carbocycles. The fraction of sp³-hybridized carbons (Fsp3) is 0.556. The average molecular weight is 342 g/mol. The Morgan fingerprint density at radius 3 is 3.08 bits per heavy atom. The van der Waals surface area contributed by atoms with Crippen molar-refractivity contribution in [1.29, 1.82) is 0 Å². The van der Waals surface area contributed by atoms with E-state index in [0.29, 0.717) is 12.7 Å². The number of benzene rings is 1. The SMILES string of the molecule is Cc1nc([C@H]2C[C@@H]3CCN(Cc4ccc5c(c4)OCO5)C[C@H]3O2)n[nH]1. The van der Waals surface area contributed by atoms with Gasteiger partial charge < -0.3 is 14.2 Å². The van der Waals surface area contributed by atoms with Gasteiger partial charge in [0.15, 0.2) is 17.3 Å². The van der Waals surface area contributed by atoms with E-state index in [-0.39, 0.29) is 12.2 Å². The molecule has 0 radical (unpaired) electrons. The molecule has 25 heavy (non-hydrogen) atoms. The summed E-state index contributed by atoms with van der Waals surface area (Å²) in [4.78, 5) is 6.90. The summed E-state index contributed by atoms with van der Waals surface area (Å²) in [5.74, 6) is 3.94. The third-order valence-electron chi connectivity index (χ3n) is 5.38. The lowest BCUT2D eigenvalue weighted by Gasteiger charge is -2.34. The van der Waals surface area contributed by atoms with Gasteiger partial charge in [0.2, 0.25) is 6.79 Å². The molecule has 3 aliphatic rings. The number of aryl methyl sites for hydroxylation is 1. The molecule has 0 bridgehead atoms. The summed E-state index contributed by atoms with van der Waals surface area (Å²) in [5.41, 5.74) is 1.25. The smallest absolute Gasteiger partial charge is 0.231 e. The van der Waals surface area contributed by atoms with E-state index in [4.69, 9.17) is 14.2 Å². The van der Waals surface area contributed by atoms with E-state index in [1.807, 2.05) is 13.0 Å². The number of fused-ring (bicyclic) bond motifs is 2. The summed E-state index contributed by atoms with van der Waals surface area (Å²) in [5, 5.41) is 7.19. The maximum absolute atomic E-state index is 6.28. The molecule has 3 atom stereocenters. The van der Waals surface area contributed by atoms with Gasteiger partial charge >= 0.3 is 0 Å². The minimum absolute atomic E-state index is 0.0328. The van der Waals surface area contributed by atoms with Gasteiger partial charge in [0.25, 0.3) is 0 Å². The zero-order valence-electron chi connectivity index (χ0n) is 14.3. The molecule has 132 valence electrons. The van der Waals surface area contributed by atoms with Crippen molar-refractivity contribution in [1.82, 2.24) is 20.1 Å². The predicted molar refractivity (Wildman–Crippen MR) is 89.3 cm³/mol. The Morgan fingerprint density at radius 1 is 1.28 bits per heavy atom. The van der Waals surface area contributed by atoms with Crippen LogP contribution in [0.25, 0.3) is 0 Å². The number of hydrogen-bond donors (Lipinski definition) is 1. The van der Waals surface area contributed by atoms with Gasteiger partial charge in [-0.2, -0.15) is 5.10 Å². The summed E-state index contributed by atoms with van der Waals surface area (Å²) in [6.07, 6.45) is 2.49. The lowest BCUT2D eigenvalue weighted by molar-refractivity contribution is -0.0119. The Hall–Kier alpha value is -2.12. The maximum atomic E-state index is 6.28. The van der Waals surface area contributed by atoms with Crippen LogP contribution < -0.4 is 9.47 Å². The number of rotatable bonds is 3. The highest BCUT2D eigenvalue weighted by atomic mass is 16.7. The van der Waals surface area contributed by atoms with E-state index in [1.165, 1.54) is 5.56 Å². The number of piperidine rings is 1. The van der Waals surface area contributed by atoms with E-state index in [1.54, 1.807) is 0 Å². The highest BCUT2D eigenvalue weighted by Gasteiger charge is 2.40. The van der Waals surface area contributed by atoms with Gasteiger partial charge in [-0.15, -0.1) is 0 Å². The molecule has 2 fully saturated rings. The Balaban J connectivity index is 1.23. The van der Waals surface area contributed by atoms with E-state index in [2.05, 4.69) is 32.2 Å². The highest BCUT2D eigenvalue weighted by Crippen LogP contribution is 2.40. The van der Waals surface area contributed by atoms with Crippen molar-refractivity contribution in [2.45, 2.75) is 38.5 Å². The van der Waals surface area contributed by atoms with Crippen LogP contribution in [0.15, 0.2) is 18.2 Å². The number of hydrogen-bond acceptors (Lipinski definition) is 6. The second-order valence-electron chi connectivity index (χ2n) is 7.15. The molecular formula is C18H22N4O3. The van der Waals surface area contributed by atoms with E-state index in [9.17, 15) is 0 Å². The van der Waals surface area contributed by atoms with Crippen molar-refractivity contribution in [2.24, 2.45) is 5.92 Å². The molecule has 2 saturated heterocycles. The molecule has 1 aromatic carbocycles. The minimum Gasteiger partial charge on any atom is -0.454 e. The quantitative estimate of drug-likeness (QED) is 0.922. The average Bonchev–Trinajstić information content (AvgIpc) is 3.32. The van der Waals surface area contributed by atoms with Crippen molar-refractivity contribution < 1.29 is 14.2 Å². The Kier molecular flexibility index (Phi) is 3.64. The lowest BCUT2D eigenvalue weighted by Crippen LogP contribution is -2.41. The van der Waals surface area contributed by atoms with Crippen molar-refractivity contribution in [2.75, 3.05) is 19.9 Å². The van der Waals surface area contributed by atoms with Gasteiger partial charge in [-0.1, -0.05) is 6.07 Å². The fourth-order valence-electron chi connectivity index (χ4n) is 4.11. The topological polar surface area (TPSA) is 72.5 Å². The summed E-state index contributed by atoms with van der Waals surface area (Å²) >= 11 is 0. The predicted octanol–water partition coefficient (Wildman–Crippen LogP) is 2.19. The van der Waals surface area contributed by atoms with Crippen LogP contribution in [-0.2, 0) is 11.3 Å². The van der Waals surface area contributed by atoms with E-state index < -0.39 is 0 Å². The first-order valence-electron chi connectivity index (χ1n) is 8.90. The van der Waals surface area contributed by atoms with E-state index >= 15 is 0 Å². The molecule has 7 heteroatoms. The molecule has 3 aliphatic heterocycles. The highest BCUT2D eigenvalue weighted by molar-refractivity contribution is 5.44. The molecule has 7 nitrogen and oxygen atoms in total. The molecule has 1 N–H and O–H groups in total. The molecule has 0 amide bonds. The van der Waals surface area contributed by atoms with Crippen LogP contribution in [-0.4, -0.2) is 46.1 Å². The van der Waals surface area contributed by atoms with Crippen molar-refractivity contribution in [3.8, 4) is 11.5 Å². The normalized spacial score (nSPS) is 28.3. The zero-order valence-corrected chi connectivity index (χ0v) is 14.3. The van der Waals surface area contributed by atoms with Crippen LogP contribution in [0.3, 0.4) is 0 Å². The molecule has 0 unspecified atom stereocenters. The molecule has 1 aromatic heterocycles. The fourth-order valence-corrected chi connectivity index (χ4v) is 4.11. The summed E-state index contributed by atoms with van der Waals surface area (Å²) in [7, 11) is 0. The van der Waals surface area contributed by atoms with Gasteiger partial charge in [0, 0.05) is 13.1 Å². The van der Waals surface area contributed by atoms with Crippen LogP contribution in [0.1, 0.15) is 36.2 Å². The van der Waals surface area contributed by atoms with Crippen molar-refractivity contribution in [3.05, 3.63) is 35.4 Å². The number of likely N-dealkylation sites (tertiary alicyclic amines) is 1. The number of aromatic nitrogens is 3. The first-order valence-corrected chi connectivity index (χ1v) is 8.90. The van der Waals surface area contributed by atoms with Crippen LogP contribution in [0.4, 0.5) is 0 Å². The molecule has 5 rings (SSSR count). The first-order chi connectivity index (χ1) is 12.2. The van der Waals surface area contributed by atoms with Gasteiger partial charge in [-0.25, -0.2) is 4.98 Å². The molecule has 0 spiro atoms. The van der Waals surface area contributed by atoms with Crippen LogP contribution >= 0.6 is 0 Å². The molecular weight excluding hydrogens is 320 g/mol. The van der Waals surface area contributed by atoms with Crippen LogP contribution in [0.2, 0.25) is 0 Å². The maximum Gasteiger partial charge on any atom is 0.231 e. The molecule has 2 aromatic rings. The second kappa shape index (κ2) is 6.00. The van der Waals surface area contributed by atoms with Gasteiger partial charge in [0.1, 0.15) is 11.9 Å². The third kappa shape index (κ3) is 2.87. The summed E-state index contributed by atoms with van der Waals surface area (Å²) in [6, 6.07) is 6.20. The summed E-state index contributed by atoms with van der Waals surface area (Å²) in [6.45, 7) is 5.21. The number of aromatic amines is 1. The zero-order chi connectivity index (χ0) is 16.8. The first kappa shape index (κ1) is 15.2.